The molecule has 0 bridgehead atoms. The van der Waals surface area contributed by atoms with Crippen LogP contribution < -0.4 is 15.4 Å². The molecule has 0 spiro atoms. The molecule has 3 rings (SSSR count). The number of hydrogen-bond donors (Lipinski definition) is 3. The summed E-state index contributed by atoms with van der Waals surface area (Å²) in [5, 5.41) is 17.2. The van der Waals surface area contributed by atoms with Crippen LogP contribution in [0.5, 0.6) is 5.75 Å². The Morgan fingerprint density at radius 3 is 2.55 bits per heavy atom. The molecule has 164 valence electrons. The standard InChI is InChI=1S/C22H36N4O2.HI/c1-4-23-22(24-13-17-11-12-26(15-17)19-7-8-19)25-14-21(27)18-5-9-20(10-6-18)28-16(2)3;/h5-6,9-10,16-17,19,21,27H,4,7-8,11-15H2,1-3H3,(H2,23,24,25);1H. The molecule has 2 atom stereocenters. The van der Waals surface area contributed by atoms with Crippen molar-refractivity contribution in [3.63, 3.8) is 0 Å². The van der Waals surface area contributed by atoms with Crippen molar-refractivity contribution < 1.29 is 9.84 Å². The Hall–Kier alpha value is -1.06. The van der Waals surface area contributed by atoms with Gasteiger partial charge in [-0.05, 0) is 70.2 Å². The first-order chi connectivity index (χ1) is 13.5. The number of hydrogen-bond acceptors (Lipinski definition) is 4. The van der Waals surface area contributed by atoms with Gasteiger partial charge in [-0.3, -0.25) is 4.99 Å². The average molecular weight is 516 g/mol. The number of benzene rings is 1. The van der Waals surface area contributed by atoms with Crippen molar-refractivity contribution in [1.29, 1.82) is 0 Å². The van der Waals surface area contributed by atoms with Gasteiger partial charge in [0, 0.05) is 25.7 Å². The van der Waals surface area contributed by atoms with Gasteiger partial charge in [0.15, 0.2) is 5.96 Å². The molecule has 1 aromatic rings. The zero-order chi connectivity index (χ0) is 19.9. The lowest BCUT2D eigenvalue weighted by atomic mass is 10.1. The van der Waals surface area contributed by atoms with Crippen LogP contribution in [0.2, 0.25) is 0 Å². The first-order valence-electron chi connectivity index (χ1n) is 10.8. The number of ether oxygens (including phenoxy) is 1. The van der Waals surface area contributed by atoms with Gasteiger partial charge in [-0.1, -0.05) is 12.1 Å². The summed E-state index contributed by atoms with van der Waals surface area (Å²) in [6.07, 6.45) is 3.54. The number of aliphatic imine (C=N–C) groups is 1. The molecule has 2 fully saturated rings. The fourth-order valence-corrected chi connectivity index (χ4v) is 3.71. The Morgan fingerprint density at radius 2 is 1.93 bits per heavy atom. The minimum atomic E-state index is -0.625. The van der Waals surface area contributed by atoms with E-state index in [4.69, 9.17) is 4.74 Å². The summed E-state index contributed by atoms with van der Waals surface area (Å²) >= 11 is 0. The van der Waals surface area contributed by atoms with Gasteiger partial charge in [-0.15, -0.1) is 24.0 Å². The van der Waals surface area contributed by atoms with Crippen LogP contribution >= 0.6 is 24.0 Å². The van der Waals surface area contributed by atoms with Gasteiger partial charge >= 0.3 is 0 Å². The number of nitrogens with one attached hydrogen (secondary N) is 2. The summed E-state index contributed by atoms with van der Waals surface area (Å²) in [5.74, 6) is 2.29. The highest BCUT2D eigenvalue weighted by molar-refractivity contribution is 14.0. The second-order valence-corrected chi connectivity index (χ2v) is 8.23. The minimum absolute atomic E-state index is 0. The Morgan fingerprint density at radius 1 is 1.21 bits per heavy atom. The second kappa shape index (κ2) is 12.0. The summed E-state index contributed by atoms with van der Waals surface area (Å²) < 4.78 is 5.65. The van der Waals surface area contributed by atoms with Crippen molar-refractivity contribution in [3.05, 3.63) is 29.8 Å². The Kier molecular flexibility index (Phi) is 9.98. The number of likely N-dealkylation sites (tertiary alicyclic amines) is 1. The van der Waals surface area contributed by atoms with Crippen LogP contribution in [-0.2, 0) is 0 Å². The summed E-state index contributed by atoms with van der Waals surface area (Å²) in [6.45, 7) is 10.6. The molecule has 1 heterocycles. The first kappa shape index (κ1) is 24.2. The number of aliphatic hydroxyl groups excluding tert-OH is 1. The highest BCUT2D eigenvalue weighted by atomic mass is 127. The summed E-state index contributed by atoms with van der Waals surface area (Å²) in [5.41, 5.74) is 0.853. The van der Waals surface area contributed by atoms with Gasteiger partial charge < -0.3 is 25.4 Å². The van der Waals surface area contributed by atoms with Crippen molar-refractivity contribution in [1.82, 2.24) is 15.5 Å². The Bertz CT molecular complexity index is 634. The average Bonchev–Trinajstić information content (AvgIpc) is 3.42. The molecule has 0 aromatic heterocycles. The maximum absolute atomic E-state index is 10.5. The van der Waals surface area contributed by atoms with E-state index in [1.807, 2.05) is 38.1 Å². The van der Waals surface area contributed by atoms with Crippen LogP contribution in [0, 0.1) is 5.92 Å². The molecule has 7 heteroatoms. The fourth-order valence-electron chi connectivity index (χ4n) is 3.71. The van der Waals surface area contributed by atoms with Gasteiger partial charge in [0.25, 0.3) is 0 Å². The third kappa shape index (κ3) is 7.94. The molecule has 6 nitrogen and oxygen atoms in total. The third-order valence-electron chi connectivity index (χ3n) is 5.34. The van der Waals surface area contributed by atoms with Crippen molar-refractivity contribution in [2.45, 2.75) is 58.3 Å². The van der Waals surface area contributed by atoms with Crippen LogP contribution in [0.4, 0.5) is 0 Å². The molecule has 0 radical (unpaired) electrons. The summed E-state index contributed by atoms with van der Waals surface area (Å²) in [4.78, 5) is 7.22. The van der Waals surface area contributed by atoms with E-state index in [2.05, 4.69) is 27.4 Å². The molecule has 2 unspecified atom stereocenters. The zero-order valence-corrected chi connectivity index (χ0v) is 20.3. The van der Waals surface area contributed by atoms with Crippen molar-refractivity contribution >= 4 is 29.9 Å². The lowest BCUT2D eigenvalue weighted by Crippen LogP contribution is -2.40. The smallest absolute Gasteiger partial charge is 0.191 e. The van der Waals surface area contributed by atoms with Crippen molar-refractivity contribution in [2.24, 2.45) is 10.9 Å². The number of guanidine groups is 1. The second-order valence-electron chi connectivity index (χ2n) is 8.23. The Labute approximate surface area is 192 Å². The number of rotatable bonds is 9. The van der Waals surface area contributed by atoms with E-state index in [1.54, 1.807) is 0 Å². The molecule has 0 amide bonds. The summed E-state index contributed by atoms with van der Waals surface area (Å²) in [7, 11) is 0. The van der Waals surface area contributed by atoms with Gasteiger partial charge in [0.1, 0.15) is 5.75 Å². The fraction of sp³-hybridized carbons (Fsp3) is 0.682. The predicted molar refractivity (Wildman–Crippen MR) is 129 cm³/mol. The van der Waals surface area contributed by atoms with E-state index in [0.717, 1.165) is 36.4 Å². The molecule has 2 aliphatic rings. The van der Waals surface area contributed by atoms with E-state index in [1.165, 1.54) is 32.4 Å². The Balaban J connectivity index is 0.00000300. The van der Waals surface area contributed by atoms with Crippen LogP contribution in [-0.4, -0.2) is 60.8 Å². The first-order valence-corrected chi connectivity index (χ1v) is 10.8. The maximum atomic E-state index is 10.5. The van der Waals surface area contributed by atoms with Gasteiger partial charge in [-0.25, -0.2) is 0 Å². The van der Waals surface area contributed by atoms with E-state index in [9.17, 15) is 5.11 Å². The number of nitrogens with zero attached hydrogens (tertiary/aromatic N) is 2. The zero-order valence-electron chi connectivity index (χ0n) is 17.9. The van der Waals surface area contributed by atoms with Crippen molar-refractivity contribution in [3.8, 4) is 5.75 Å². The number of aliphatic hydroxyl groups is 1. The molecule has 1 saturated carbocycles. The van der Waals surface area contributed by atoms with Gasteiger partial charge in [0.2, 0.25) is 0 Å². The molecule has 3 N–H and O–H groups in total. The van der Waals surface area contributed by atoms with E-state index in [-0.39, 0.29) is 30.1 Å². The summed E-state index contributed by atoms with van der Waals surface area (Å²) in [6, 6.07) is 8.47. The third-order valence-corrected chi connectivity index (χ3v) is 5.34. The molecule has 1 aliphatic carbocycles. The largest absolute Gasteiger partial charge is 0.491 e. The highest BCUT2D eigenvalue weighted by Crippen LogP contribution is 2.31. The molecule has 29 heavy (non-hydrogen) atoms. The van der Waals surface area contributed by atoms with Gasteiger partial charge in [0.05, 0.1) is 18.8 Å². The van der Waals surface area contributed by atoms with E-state index < -0.39 is 6.10 Å². The van der Waals surface area contributed by atoms with Gasteiger partial charge in [-0.2, -0.15) is 0 Å². The molecular formula is C22H37IN4O2. The van der Waals surface area contributed by atoms with E-state index >= 15 is 0 Å². The van der Waals surface area contributed by atoms with Crippen LogP contribution in [0.1, 0.15) is 51.7 Å². The van der Waals surface area contributed by atoms with E-state index in [0.29, 0.717) is 12.5 Å². The molecular weight excluding hydrogens is 479 g/mol. The number of halogens is 1. The highest BCUT2D eigenvalue weighted by Gasteiger charge is 2.34. The molecule has 1 saturated heterocycles. The molecule has 1 aliphatic heterocycles. The van der Waals surface area contributed by atoms with Crippen molar-refractivity contribution in [2.75, 3.05) is 32.7 Å². The SMILES string of the molecule is CCNC(=NCC(O)c1ccc(OC(C)C)cc1)NCC1CCN(C2CC2)C1.I. The minimum Gasteiger partial charge on any atom is -0.491 e. The quantitative estimate of drug-likeness (QED) is 0.267. The monoisotopic (exact) mass is 516 g/mol. The predicted octanol–water partition coefficient (Wildman–Crippen LogP) is 3.16. The van der Waals surface area contributed by atoms with Crippen LogP contribution in [0.3, 0.4) is 0 Å². The van der Waals surface area contributed by atoms with Crippen LogP contribution in [0.25, 0.3) is 0 Å². The lowest BCUT2D eigenvalue weighted by Gasteiger charge is -2.17. The molecule has 1 aromatic carbocycles. The van der Waals surface area contributed by atoms with Crippen LogP contribution in [0.15, 0.2) is 29.3 Å². The maximum Gasteiger partial charge on any atom is 0.191 e. The normalized spacial score (nSPS) is 21.0. The lowest BCUT2D eigenvalue weighted by molar-refractivity contribution is 0.186. The topological polar surface area (TPSA) is 69.1 Å².